The predicted octanol–water partition coefficient (Wildman–Crippen LogP) is 3.51. The normalized spacial score (nSPS) is 12.1. The van der Waals surface area contributed by atoms with Crippen LogP contribution in [0.5, 0.6) is 0 Å². The van der Waals surface area contributed by atoms with Gasteiger partial charge < -0.3 is 5.32 Å². The Labute approximate surface area is 136 Å². The maximum Gasteiger partial charge on any atom is 0.125 e. The molecule has 2 aromatic heterocycles. The minimum Gasteiger partial charge on any atom is -0.378 e. The van der Waals surface area contributed by atoms with Crippen molar-refractivity contribution in [3.8, 4) is 0 Å². The van der Waals surface area contributed by atoms with Gasteiger partial charge in [0.05, 0.1) is 12.6 Å². The highest BCUT2D eigenvalue weighted by Gasteiger charge is 2.10. The van der Waals surface area contributed by atoms with Crippen molar-refractivity contribution < 1.29 is 0 Å². The minimum absolute atomic E-state index is 0.149. The van der Waals surface area contributed by atoms with E-state index < -0.39 is 0 Å². The molecule has 0 aliphatic heterocycles. The average Bonchev–Trinajstić information content (AvgIpc) is 3.00. The molecule has 0 amide bonds. The SMILES string of the molecule is Cc1ncc(C(C)Nc2cccc(Cn3cccn3)c2)c(C)n1. The summed E-state index contributed by atoms with van der Waals surface area (Å²) < 4.78 is 1.92. The fourth-order valence-electron chi connectivity index (χ4n) is 2.69. The zero-order chi connectivity index (χ0) is 16.2. The van der Waals surface area contributed by atoms with Gasteiger partial charge >= 0.3 is 0 Å². The summed E-state index contributed by atoms with van der Waals surface area (Å²) in [6, 6.07) is 10.5. The molecule has 0 saturated carbocycles. The maximum atomic E-state index is 4.44. The minimum atomic E-state index is 0.149. The molecule has 5 heteroatoms. The molecule has 0 saturated heterocycles. The molecule has 0 fully saturated rings. The van der Waals surface area contributed by atoms with Crippen molar-refractivity contribution in [3.05, 3.63) is 71.6 Å². The summed E-state index contributed by atoms with van der Waals surface area (Å²) in [4.78, 5) is 8.75. The Bertz CT molecular complexity index is 780. The number of benzene rings is 1. The zero-order valence-electron chi connectivity index (χ0n) is 13.7. The number of rotatable bonds is 5. The van der Waals surface area contributed by atoms with Crippen molar-refractivity contribution in [3.63, 3.8) is 0 Å². The third kappa shape index (κ3) is 3.74. The molecule has 1 unspecified atom stereocenters. The molecule has 1 aromatic carbocycles. The Morgan fingerprint density at radius 2 is 2.09 bits per heavy atom. The second-order valence-electron chi connectivity index (χ2n) is 5.73. The number of aryl methyl sites for hydroxylation is 2. The molecular weight excluding hydrogens is 286 g/mol. The van der Waals surface area contributed by atoms with Crippen LogP contribution in [0.3, 0.4) is 0 Å². The standard InChI is InChI=1S/C18H21N5/c1-13-18(11-19-15(3)21-13)14(2)22-17-7-4-6-16(10-17)12-23-9-5-8-20-23/h4-11,14,22H,12H2,1-3H3. The Morgan fingerprint density at radius 1 is 1.22 bits per heavy atom. The molecule has 0 spiro atoms. The monoisotopic (exact) mass is 307 g/mol. The smallest absolute Gasteiger partial charge is 0.125 e. The van der Waals surface area contributed by atoms with Crippen LogP contribution in [0.1, 0.15) is 35.6 Å². The van der Waals surface area contributed by atoms with E-state index in [1.807, 2.05) is 37.0 Å². The van der Waals surface area contributed by atoms with Gasteiger partial charge in [-0.15, -0.1) is 0 Å². The summed E-state index contributed by atoms with van der Waals surface area (Å²) in [5.41, 5.74) is 4.43. The highest BCUT2D eigenvalue weighted by Crippen LogP contribution is 2.21. The van der Waals surface area contributed by atoms with E-state index in [0.717, 1.165) is 29.3 Å². The lowest BCUT2D eigenvalue weighted by Gasteiger charge is -2.18. The Morgan fingerprint density at radius 3 is 2.83 bits per heavy atom. The van der Waals surface area contributed by atoms with Crippen molar-refractivity contribution in [2.24, 2.45) is 0 Å². The second-order valence-corrected chi connectivity index (χ2v) is 5.73. The number of hydrogen-bond acceptors (Lipinski definition) is 4. The second kappa shape index (κ2) is 6.60. The summed E-state index contributed by atoms with van der Waals surface area (Å²) >= 11 is 0. The molecular formula is C18H21N5. The van der Waals surface area contributed by atoms with E-state index in [1.165, 1.54) is 5.56 Å². The topological polar surface area (TPSA) is 55.6 Å². The first-order chi connectivity index (χ1) is 11.1. The molecule has 0 radical (unpaired) electrons. The summed E-state index contributed by atoms with van der Waals surface area (Å²) in [7, 11) is 0. The molecule has 23 heavy (non-hydrogen) atoms. The van der Waals surface area contributed by atoms with Gasteiger partial charge in [0.2, 0.25) is 0 Å². The van der Waals surface area contributed by atoms with Crippen LogP contribution in [0, 0.1) is 13.8 Å². The van der Waals surface area contributed by atoms with Crippen LogP contribution >= 0.6 is 0 Å². The summed E-state index contributed by atoms with van der Waals surface area (Å²) in [6.45, 7) is 6.83. The van der Waals surface area contributed by atoms with Crippen LogP contribution in [-0.2, 0) is 6.54 Å². The van der Waals surface area contributed by atoms with Crippen molar-refractivity contribution in [2.45, 2.75) is 33.4 Å². The Hall–Kier alpha value is -2.69. The van der Waals surface area contributed by atoms with Crippen molar-refractivity contribution >= 4 is 5.69 Å². The highest BCUT2D eigenvalue weighted by atomic mass is 15.3. The number of anilines is 1. The van der Waals surface area contributed by atoms with Gasteiger partial charge in [0.15, 0.2) is 0 Å². The summed E-state index contributed by atoms with van der Waals surface area (Å²) in [5, 5.41) is 7.78. The van der Waals surface area contributed by atoms with Gasteiger partial charge in [0.1, 0.15) is 5.82 Å². The van der Waals surface area contributed by atoms with Crippen LogP contribution in [0.25, 0.3) is 0 Å². The predicted molar refractivity (Wildman–Crippen MR) is 91.3 cm³/mol. The molecule has 0 aliphatic carbocycles. The van der Waals surface area contributed by atoms with Crippen LogP contribution < -0.4 is 5.32 Å². The van der Waals surface area contributed by atoms with Gasteiger partial charge in [-0.05, 0) is 44.5 Å². The van der Waals surface area contributed by atoms with E-state index in [4.69, 9.17) is 0 Å². The maximum absolute atomic E-state index is 4.44. The van der Waals surface area contributed by atoms with E-state index in [0.29, 0.717) is 0 Å². The Balaban J connectivity index is 1.74. The van der Waals surface area contributed by atoms with Crippen molar-refractivity contribution in [1.29, 1.82) is 0 Å². The highest BCUT2D eigenvalue weighted by molar-refractivity contribution is 5.48. The third-order valence-corrected chi connectivity index (χ3v) is 3.82. The first-order valence-electron chi connectivity index (χ1n) is 7.75. The van der Waals surface area contributed by atoms with Crippen molar-refractivity contribution in [2.75, 3.05) is 5.32 Å². The van der Waals surface area contributed by atoms with Crippen molar-refractivity contribution in [1.82, 2.24) is 19.7 Å². The number of nitrogens with zero attached hydrogens (tertiary/aromatic N) is 4. The lowest BCUT2D eigenvalue weighted by molar-refractivity contribution is 0.687. The lowest BCUT2D eigenvalue weighted by Crippen LogP contribution is -2.11. The van der Waals surface area contributed by atoms with Crippen LogP contribution in [-0.4, -0.2) is 19.7 Å². The largest absolute Gasteiger partial charge is 0.378 e. The third-order valence-electron chi connectivity index (χ3n) is 3.82. The molecule has 3 rings (SSSR count). The molecule has 0 bridgehead atoms. The van der Waals surface area contributed by atoms with E-state index in [2.05, 4.69) is 51.6 Å². The molecule has 118 valence electrons. The molecule has 1 N–H and O–H groups in total. The Kier molecular flexibility index (Phi) is 4.37. The fraction of sp³-hybridized carbons (Fsp3) is 0.278. The van der Waals surface area contributed by atoms with E-state index in [-0.39, 0.29) is 6.04 Å². The first kappa shape index (κ1) is 15.2. The van der Waals surface area contributed by atoms with E-state index in [1.54, 1.807) is 6.20 Å². The zero-order valence-corrected chi connectivity index (χ0v) is 13.7. The molecule has 2 heterocycles. The van der Waals surface area contributed by atoms with Crippen LogP contribution in [0.2, 0.25) is 0 Å². The molecule has 0 aliphatic rings. The van der Waals surface area contributed by atoms with Crippen LogP contribution in [0.4, 0.5) is 5.69 Å². The van der Waals surface area contributed by atoms with E-state index >= 15 is 0 Å². The van der Waals surface area contributed by atoms with Gasteiger partial charge in [0.25, 0.3) is 0 Å². The lowest BCUT2D eigenvalue weighted by atomic mass is 10.1. The average molecular weight is 307 g/mol. The number of hydrogen-bond donors (Lipinski definition) is 1. The molecule has 1 atom stereocenters. The number of nitrogens with one attached hydrogen (secondary N) is 1. The summed E-state index contributed by atoms with van der Waals surface area (Å²) in [5.74, 6) is 0.805. The number of aromatic nitrogens is 4. The molecule has 3 aromatic rings. The van der Waals surface area contributed by atoms with E-state index in [9.17, 15) is 0 Å². The quantitative estimate of drug-likeness (QED) is 0.783. The van der Waals surface area contributed by atoms with Gasteiger partial charge in [-0.25, -0.2) is 9.97 Å². The first-order valence-corrected chi connectivity index (χ1v) is 7.75. The molecule has 5 nitrogen and oxygen atoms in total. The van der Waals surface area contributed by atoms with Gasteiger partial charge in [0, 0.05) is 35.5 Å². The van der Waals surface area contributed by atoms with Gasteiger partial charge in [-0.3, -0.25) is 4.68 Å². The van der Waals surface area contributed by atoms with Crippen LogP contribution in [0.15, 0.2) is 48.9 Å². The van der Waals surface area contributed by atoms with Gasteiger partial charge in [-0.2, -0.15) is 5.10 Å². The van der Waals surface area contributed by atoms with Gasteiger partial charge in [-0.1, -0.05) is 12.1 Å². The summed E-state index contributed by atoms with van der Waals surface area (Å²) in [6.07, 6.45) is 5.67. The fourth-order valence-corrected chi connectivity index (χ4v) is 2.69.